The van der Waals surface area contributed by atoms with E-state index < -0.39 is 0 Å². The first-order valence-electron chi connectivity index (χ1n) is 7.86. The Bertz CT molecular complexity index is 813. The molecule has 0 bridgehead atoms. The van der Waals surface area contributed by atoms with Gasteiger partial charge in [-0.3, -0.25) is 9.20 Å². The molecule has 0 unspecified atom stereocenters. The predicted octanol–water partition coefficient (Wildman–Crippen LogP) is 1.13. The molecule has 0 saturated carbocycles. The van der Waals surface area contributed by atoms with Crippen LogP contribution in [0.5, 0.6) is 0 Å². The normalized spacial score (nSPS) is 21.2. The molecule has 0 aliphatic carbocycles. The predicted molar refractivity (Wildman–Crippen MR) is 91.3 cm³/mol. The van der Waals surface area contributed by atoms with Gasteiger partial charge in [-0.2, -0.15) is 4.98 Å². The second kappa shape index (κ2) is 6.90. The number of carbonyl (C=O) groups excluding carboxylic acids is 1. The number of amides is 1. The molecule has 2 aromatic heterocycles. The molecule has 0 N–H and O–H groups in total. The average Bonchev–Trinajstić information content (AvgIpc) is 2.52. The fourth-order valence-corrected chi connectivity index (χ4v) is 3.55. The maximum atomic E-state index is 12.4. The molecule has 0 spiro atoms. The number of aromatic nitrogens is 3. The van der Waals surface area contributed by atoms with Gasteiger partial charge in [0, 0.05) is 19.3 Å². The molecular weight excluding hydrogens is 328 g/mol. The monoisotopic (exact) mass is 348 g/mol. The number of rotatable bonds is 3. The highest BCUT2D eigenvalue weighted by molar-refractivity contribution is 7.99. The third-order valence-electron chi connectivity index (χ3n) is 3.86. The summed E-state index contributed by atoms with van der Waals surface area (Å²) in [5.74, 6) is 0.219. The third kappa shape index (κ3) is 3.59. The van der Waals surface area contributed by atoms with E-state index >= 15 is 0 Å². The van der Waals surface area contributed by atoms with Crippen LogP contribution >= 0.6 is 11.8 Å². The number of pyridine rings is 1. The van der Waals surface area contributed by atoms with Crippen molar-refractivity contribution in [3.63, 3.8) is 0 Å². The van der Waals surface area contributed by atoms with Gasteiger partial charge in [0.2, 0.25) is 5.91 Å². The standard InChI is InChI=1S/C16H20N4O3S/c1-10-5-4-6-20-14(10)17-15(18-16(20)22)24-9-13(21)19-7-11(2)23-12(3)8-19/h4-6,11-12H,7-9H2,1-3H3/t11-,12+. The average molecular weight is 348 g/mol. The Kier molecular flexibility index (Phi) is 4.86. The van der Waals surface area contributed by atoms with Crippen LogP contribution in [0.1, 0.15) is 19.4 Å². The van der Waals surface area contributed by atoms with E-state index in [0.717, 1.165) is 5.56 Å². The summed E-state index contributed by atoms with van der Waals surface area (Å²) in [6.45, 7) is 6.98. The van der Waals surface area contributed by atoms with Gasteiger partial charge in [-0.1, -0.05) is 17.8 Å². The molecule has 2 aromatic rings. The van der Waals surface area contributed by atoms with Gasteiger partial charge in [0.15, 0.2) is 5.16 Å². The molecule has 3 heterocycles. The summed E-state index contributed by atoms with van der Waals surface area (Å²) in [6.07, 6.45) is 1.71. The fraction of sp³-hybridized carbons (Fsp3) is 0.500. The summed E-state index contributed by atoms with van der Waals surface area (Å²) in [5.41, 5.74) is 1.08. The zero-order valence-corrected chi connectivity index (χ0v) is 14.7. The van der Waals surface area contributed by atoms with E-state index in [4.69, 9.17) is 4.74 Å². The maximum Gasteiger partial charge on any atom is 0.355 e. The lowest BCUT2D eigenvalue weighted by Gasteiger charge is -2.35. The van der Waals surface area contributed by atoms with Crippen LogP contribution in [-0.4, -0.2) is 56.2 Å². The van der Waals surface area contributed by atoms with Gasteiger partial charge < -0.3 is 9.64 Å². The minimum absolute atomic E-state index is 0.00980. The number of aryl methyl sites for hydroxylation is 1. The Balaban J connectivity index is 1.73. The summed E-state index contributed by atoms with van der Waals surface area (Å²) >= 11 is 1.19. The molecular formula is C16H20N4O3S. The lowest BCUT2D eigenvalue weighted by Crippen LogP contribution is -2.48. The van der Waals surface area contributed by atoms with Crippen LogP contribution in [0.4, 0.5) is 0 Å². The van der Waals surface area contributed by atoms with E-state index in [1.807, 2.05) is 26.8 Å². The van der Waals surface area contributed by atoms with Crippen molar-refractivity contribution in [1.29, 1.82) is 0 Å². The maximum absolute atomic E-state index is 12.4. The Morgan fingerprint density at radius 3 is 2.75 bits per heavy atom. The first kappa shape index (κ1) is 16.9. The summed E-state index contributed by atoms with van der Waals surface area (Å²) in [7, 11) is 0. The van der Waals surface area contributed by atoms with Crippen molar-refractivity contribution in [1.82, 2.24) is 19.3 Å². The van der Waals surface area contributed by atoms with Gasteiger partial charge in [-0.05, 0) is 32.4 Å². The lowest BCUT2D eigenvalue weighted by molar-refractivity contribution is -0.140. The highest BCUT2D eigenvalue weighted by Crippen LogP contribution is 2.17. The highest BCUT2D eigenvalue weighted by Gasteiger charge is 2.25. The third-order valence-corrected chi connectivity index (χ3v) is 4.69. The van der Waals surface area contributed by atoms with E-state index in [1.54, 1.807) is 17.2 Å². The zero-order chi connectivity index (χ0) is 17.3. The molecule has 1 saturated heterocycles. The number of nitrogens with zero attached hydrogens (tertiary/aromatic N) is 4. The Hall–Kier alpha value is -1.93. The van der Waals surface area contributed by atoms with Crippen LogP contribution in [0.3, 0.4) is 0 Å². The first-order valence-corrected chi connectivity index (χ1v) is 8.84. The van der Waals surface area contributed by atoms with Crippen LogP contribution in [0.25, 0.3) is 5.65 Å². The van der Waals surface area contributed by atoms with Crippen molar-refractivity contribution in [2.24, 2.45) is 0 Å². The Morgan fingerprint density at radius 1 is 1.33 bits per heavy atom. The van der Waals surface area contributed by atoms with Crippen molar-refractivity contribution in [2.75, 3.05) is 18.8 Å². The van der Waals surface area contributed by atoms with Crippen LogP contribution in [-0.2, 0) is 9.53 Å². The molecule has 3 rings (SSSR count). The van der Waals surface area contributed by atoms with Gasteiger partial charge in [0.1, 0.15) is 5.65 Å². The lowest BCUT2D eigenvalue weighted by atomic mass is 10.2. The molecule has 1 aliphatic heterocycles. The Labute approximate surface area is 144 Å². The van der Waals surface area contributed by atoms with E-state index in [1.165, 1.54) is 16.2 Å². The summed E-state index contributed by atoms with van der Waals surface area (Å²) in [6, 6.07) is 3.67. The molecule has 0 radical (unpaired) electrons. The van der Waals surface area contributed by atoms with Crippen molar-refractivity contribution < 1.29 is 9.53 Å². The summed E-state index contributed by atoms with van der Waals surface area (Å²) in [4.78, 5) is 34.6. The topological polar surface area (TPSA) is 76.8 Å². The van der Waals surface area contributed by atoms with Crippen molar-refractivity contribution in [3.05, 3.63) is 34.4 Å². The van der Waals surface area contributed by atoms with Gasteiger partial charge >= 0.3 is 5.69 Å². The quantitative estimate of drug-likeness (QED) is 0.774. The number of morpholine rings is 1. The molecule has 24 heavy (non-hydrogen) atoms. The molecule has 0 aromatic carbocycles. The molecule has 8 heteroatoms. The number of thioether (sulfide) groups is 1. The SMILES string of the molecule is Cc1cccn2c(=O)nc(SCC(=O)N3C[C@@H](C)O[C@@H](C)C3)nc12. The van der Waals surface area contributed by atoms with Crippen LogP contribution in [0, 0.1) is 6.92 Å². The van der Waals surface area contributed by atoms with Crippen molar-refractivity contribution in [3.8, 4) is 0 Å². The first-order chi connectivity index (χ1) is 11.4. The molecule has 2 atom stereocenters. The second-order valence-corrected chi connectivity index (χ2v) is 6.96. The highest BCUT2D eigenvalue weighted by atomic mass is 32.2. The largest absolute Gasteiger partial charge is 0.372 e. The minimum atomic E-state index is -0.382. The second-order valence-electron chi connectivity index (χ2n) is 6.02. The Morgan fingerprint density at radius 2 is 2.04 bits per heavy atom. The minimum Gasteiger partial charge on any atom is -0.372 e. The van der Waals surface area contributed by atoms with Crippen LogP contribution in [0.15, 0.2) is 28.3 Å². The zero-order valence-electron chi connectivity index (χ0n) is 13.9. The van der Waals surface area contributed by atoms with E-state index in [0.29, 0.717) is 23.9 Å². The summed E-state index contributed by atoms with van der Waals surface area (Å²) < 4.78 is 7.05. The molecule has 128 valence electrons. The van der Waals surface area contributed by atoms with E-state index in [-0.39, 0.29) is 29.6 Å². The van der Waals surface area contributed by atoms with Gasteiger partial charge in [0.25, 0.3) is 0 Å². The number of ether oxygens (including phenoxy) is 1. The van der Waals surface area contributed by atoms with Crippen LogP contribution < -0.4 is 5.69 Å². The van der Waals surface area contributed by atoms with Gasteiger partial charge in [-0.25, -0.2) is 9.78 Å². The van der Waals surface area contributed by atoms with E-state index in [9.17, 15) is 9.59 Å². The fourth-order valence-electron chi connectivity index (χ4n) is 2.82. The molecule has 1 fully saturated rings. The molecule has 7 nitrogen and oxygen atoms in total. The van der Waals surface area contributed by atoms with Gasteiger partial charge in [0.05, 0.1) is 18.0 Å². The van der Waals surface area contributed by atoms with Gasteiger partial charge in [-0.15, -0.1) is 0 Å². The number of carbonyl (C=O) groups is 1. The van der Waals surface area contributed by atoms with Crippen molar-refractivity contribution in [2.45, 2.75) is 38.1 Å². The smallest absolute Gasteiger partial charge is 0.355 e. The summed E-state index contributed by atoms with van der Waals surface area (Å²) in [5, 5.41) is 0.331. The number of hydrogen-bond acceptors (Lipinski definition) is 6. The number of fused-ring (bicyclic) bond motifs is 1. The van der Waals surface area contributed by atoms with Crippen LogP contribution in [0.2, 0.25) is 0 Å². The molecule has 1 aliphatic rings. The van der Waals surface area contributed by atoms with E-state index in [2.05, 4.69) is 9.97 Å². The van der Waals surface area contributed by atoms with Crippen molar-refractivity contribution >= 4 is 23.3 Å². The molecule has 1 amide bonds. The number of hydrogen-bond donors (Lipinski definition) is 0.